The lowest BCUT2D eigenvalue weighted by atomic mass is 10.1. The molecule has 0 atom stereocenters. The van der Waals surface area contributed by atoms with E-state index in [2.05, 4.69) is 39.7 Å². The van der Waals surface area contributed by atoms with Crippen LogP contribution in [-0.4, -0.2) is 14.8 Å². The monoisotopic (exact) mass is 314 g/mol. The molecule has 0 bridgehead atoms. The second-order valence-corrected chi connectivity index (χ2v) is 5.77. The molecule has 4 rings (SSSR count). The highest BCUT2D eigenvalue weighted by Crippen LogP contribution is 2.18. The van der Waals surface area contributed by atoms with Crippen LogP contribution in [0.2, 0.25) is 0 Å². The average Bonchev–Trinajstić information content (AvgIpc) is 3.06. The number of pyridine rings is 1. The molecule has 4 heteroatoms. The summed E-state index contributed by atoms with van der Waals surface area (Å²) in [5.41, 5.74) is 4.27. The number of aromatic nitrogens is 3. The van der Waals surface area contributed by atoms with Gasteiger partial charge in [0.25, 0.3) is 0 Å². The molecule has 4 nitrogen and oxygen atoms in total. The van der Waals surface area contributed by atoms with Gasteiger partial charge in [-0.15, -0.1) is 0 Å². The Balaban J connectivity index is 1.59. The Kier molecular flexibility index (Phi) is 3.71. The van der Waals surface area contributed by atoms with Gasteiger partial charge < -0.3 is 5.32 Å². The molecule has 0 aliphatic heterocycles. The van der Waals surface area contributed by atoms with Crippen molar-refractivity contribution >= 4 is 16.7 Å². The van der Waals surface area contributed by atoms with Crippen LogP contribution in [0.15, 0.2) is 72.9 Å². The van der Waals surface area contributed by atoms with E-state index in [1.165, 1.54) is 5.56 Å². The molecule has 0 amide bonds. The number of aryl methyl sites for hydroxylation is 1. The fourth-order valence-corrected chi connectivity index (χ4v) is 2.78. The summed E-state index contributed by atoms with van der Waals surface area (Å²) in [5, 5.41) is 9.08. The molecule has 0 aliphatic rings. The maximum Gasteiger partial charge on any atom is 0.126 e. The lowest BCUT2D eigenvalue weighted by molar-refractivity contribution is 0.848. The van der Waals surface area contributed by atoms with E-state index >= 15 is 0 Å². The molecule has 118 valence electrons. The zero-order valence-electron chi connectivity index (χ0n) is 13.5. The van der Waals surface area contributed by atoms with E-state index in [9.17, 15) is 0 Å². The normalized spacial score (nSPS) is 10.9. The fraction of sp³-hybridized carbons (Fsp3) is 0.100. The highest BCUT2D eigenvalue weighted by atomic mass is 15.3. The zero-order chi connectivity index (χ0) is 16.4. The van der Waals surface area contributed by atoms with Gasteiger partial charge in [-0.25, -0.2) is 9.67 Å². The fourth-order valence-electron chi connectivity index (χ4n) is 2.78. The number of anilines is 1. The van der Waals surface area contributed by atoms with Crippen LogP contribution in [0.25, 0.3) is 16.6 Å². The molecule has 0 saturated carbocycles. The van der Waals surface area contributed by atoms with Crippen molar-refractivity contribution in [3.8, 4) is 5.69 Å². The largest absolute Gasteiger partial charge is 0.366 e. The third kappa shape index (κ3) is 2.86. The van der Waals surface area contributed by atoms with Crippen molar-refractivity contribution in [2.24, 2.45) is 0 Å². The number of benzene rings is 2. The topological polar surface area (TPSA) is 42.7 Å². The molecule has 0 unspecified atom stereocenters. The van der Waals surface area contributed by atoms with Crippen molar-refractivity contribution in [1.82, 2.24) is 14.8 Å². The molecule has 2 aromatic carbocycles. The van der Waals surface area contributed by atoms with E-state index in [4.69, 9.17) is 0 Å². The van der Waals surface area contributed by atoms with E-state index in [0.29, 0.717) is 6.54 Å². The van der Waals surface area contributed by atoms with Crippen LogP contribution in [-0.2, 0) is 6.54 Å². The van der Waals surface area contributed by atoms with Crippen molar-refractivity contribution in [3.63, 3.8) is 0 Å². The average molecular weight is 314 g/mol. The molecule has 1 N–H and O–H groups in total. The first-order valence-corrected chi connectivity index (χ1v) is 8.00. The van der Waals surface area contributed by atoms with Crippen molar-refractivity contribution in [1.29, 1.82) is 0 Å². The lowest BCUT2D eigenvalue weighted by Crippen LogP contribution is -2.06. The van der Waals surface area contributed by atoms with E-state index in [1.807, 2.05) is 60.3 Å². The van der Waals surface area contributed by atoms with Crippen molar-refractivity contribution in [3.05, 3.63) is 84.2 Å². The van der Waals surface area contributed by atoms with Gasteiger partial charge in [0.15, 0.2) is 0 Å². The third-order valence-corrected chi connectivity index (χ3v) is 4.02. The minimum atomic E-state index is 0.695. The quantitative estimate of drug-likeness (QED) is 0.609. The van der Waals surface area contributed by atoms with Gasteiger partial charge in [-0.2, -0.15) is 5.10 Å². The Morgan fingerprint density at radius 3 is 2.62 bits per heavy atom. The number of fused-ring (bicyclic) bond motifs is 1. The van der Waals surface area contributed by atoms with Gasteiger partial charge in [0, 0.05) is 18.1 Å². The number of hydrogen-bond donors (Lipinski definition) is 1. The summed E-state index contributed by atoms with van der Waals surface area (Å²) < 4.78 is 1.92. The summed E-state index contributed by atoms with van der Waals surface area (Å²) in [5.74, 6) is 0.875. The van der Waals surface area contributed by atoms with Crippen LogP contribution >= 0.6 is 0 Å². The Hall–Kier alpha value is -3.14. The number of hydrogen-bond acceptors (Lipinski definition) is 3. The highest BCUT2D eigenvalue weighted by Gasteiger charge is 2.06. The van der Waals surface area contributed by atoms with Crippen molar-refractivity contribution in [2.45, 2.75) is 13.5 Å². The standard InChI is InChI=1S/C20H18N4/c1-15-12-13-24(23-15)19-9-5-3-7-17(19)14-21-20-11-10-16-6-2-4-8-18(16)22-20/h2-13H,14H2,1H3,(H,21,22). The van der Waals surface area contributed by atoms with Crippen LogP contribution in [0.4, 0.5) is 5.82 Å². The summed E-state index contributed by atoms with van der Waals surface area (Å²) >= 11 is 0. The second-order valence-electron chi connectivity index (χ2n) is 5.77. The van der Waals surface area contributed by atoms with Crippen LogP contribution in [0.3, 0.4) is 0 Å². The summed E-state index contributed by atoms with van der Waals surface area (Å²) in [4.78, 5) is 4.66. The number of nitrogens with zero attached hydrogens (tertiary/aromatic N) is 3. The second kappa shape index (κ2) is 6.16. The Morgan fingerprint density at radius 1 is 0.917 bits per heavy atom. The third-order valence-electron chi connectivity index (χ3n) is 4.02. The first kappa shape index (κ1) is 14.5. The van der Waals surface area contributed by atoms with E-state index in [-0.39, 0.29) is 0 Å². The SMILES string of the molecule is Cc1ccn(-c2ccccc2CNc2ccc3ccccc3n2)n1. The van der Waals surface area contributed by atoms with Crippen LogP contribution in [0.1, 0.15) is 11.3 Å². The summed E-state index contributed by atoms with van der Waals surface area (Å²) in [6, 6.07) is 22.5. The van der Waals surface area contributed by atoms with E-state index in [0.717, 1.165) is 28.1 Å². The first-order chi connectivity index (χ1) is 11.8. The predicted molar refractivity (Wildman–Crippen MR) is 97.4 cm³/mol. The Morgan fingerprint density at radius 2 is 1.75 bits per heavy atom. The number of rotatable bonds is 4. The van der Waals surface area contributed by atoms with E-state index < -0.39 is 0 Å². The zero-order valence-corrected chi connectivity index (χ0v) is 13.5. The number of para-hydroxylation sites is 2. The van der Waals surface area contributed by atoms with Gasteiger partial charge in [0.05, 0.1) is 16.9 Å². The van der Waals surface area contributed by atoms with Crippen LogP contribution < -0.4 is 5.32 Å². The smallest absolute Gasteiger partial charge is 0.126 e. The summed E-state index contributed by atoms with van der Waals surface area (Å²) in [6.07, 6.45) is 1.99. The molecular weight excluding hydrogens is 296 g/mol. The van der Waals surface area contributed by atoms with Crippen LogP contribution in [0, 0.1) is 6.92 Å². The number of nitrogens with one attached hydrogen (secondary N) is 1. The van der Waals surface area contributed by atoms with Gasteiger partial charge in [-0.1, -0.05) is 36.4 Å². The van der Waals surface area contributed by atoms with Crippen LogP contribution in [0.5, 0.6) is 0 Å². The molecule has 2 aromatic heterocycles. The van der Waals surface area contributed by atoms with Gasteiger partial charge in [-0.3, -0.25) is 0 Å². The molecule has 2 heterocycles. The predicted octanol–water partition coefficient (Wildman–Crippen LogP) is 4.34. The molecule has 24 heavy (non-hydrogen) atoms. The minimum absolute atomic E-state index is 0.695. The van der Waals surface area contributed by atoms with Crippen molar-refractivity contribution < 1.29 is 0 Å². The molecule has 0 saturated heterocycles. The van der Waals surface area contributed by atoms with Gasteiger partial charge in [0.2, 0.25) is 0 Å². The van der Waals surface area contributed by atoms with Gasteiger partial charge >= 0.3 is 0 Å². The lowest BCUT2D eigenvalue weighted by Gasteiger charge is -2.11. The Bertz CT molecular complexity index is 988. The molecule has 0 spiro atoms. The molecule has 0 aliphatic carbocycles. The maximum atomic E-state index is 4.66. The minimum Gasteiger partial charge on any atom is -0.366 e. The summed E-state index contributed by atoms with van der Waals surface area (Å²) in [7, 11) is 0. The highest BCUT2D eigenvalue weighted by molar-refractivity contribution is 5.80. The maximum absolute atomic E-state index is 4.66. The molecular formula is C20H18N4. The van der Waals surface area contributed by atoms with Crippen molar-refractivity contribution in [2.75, 3.05) is 5.32 Å². The molecule has 4 aromatic rings. The van der Waals surface area contributed by atoms with Gasteiger partial charge in [0.1, 0.15) is 5.82 Å². The van der Waals surface area contributed by atoms with E-state index in [1.54, 1.807) is 0 Å². The Labute approximate surface area is 140 Å². The summed E-state index contributed by atoms with van der Waals surface area (Å²) in [6.45, 7) is 2.69. The first-order valence-electron chi connectivity index (χ1n) is 8.00. The van der Waals surface area contributed by atoms with Gasteiger partial charge in [-0.05, 0) is 42.8 Å². The molecule has 0 radical (unpaired) electrons. The molecule has 0 fully saturated rings.